The summed E-state index contributed by atoms with van der Waals surface area (Å²) in [6, 6.07) is 4.07. The lowest BCUT2D eigenvalue weighted by atomic mass is 10.2. The number of nitrogens with zero attached hydrogens (tertiary/aromatic N) is 1. The van der Waals surface area contributed by atoms with E-state index in [1.54, 1.807) is 0 Å². The Bertz CT molecular complexity index is 586. The quantitative estimate of drug-likeness (QED) is 0.609. The van der Waals surface area contributed by atoms with Crippen LogP contribution in [0.25, 0.3) is 0 Å². The fourth-order valence-corrected chi connectivity index (χ4v) is 2.67. The molecule has 8 heteroatoms. The van der Waals surface area contributed by atoms with E-state index in [4.69, 9.17) is 4.74 Å². The summed E-state index contributed by atoms with van der Waals surface area (Å²) in [5.74, 6) is 0. The van der Waals surface area contributed by atoms with Crippen LogP contribution in [0.2, 0.25) is 0 Å². The van der Waals surface area contributed by atoms with Crippen LogP contribution in [-0.2, 0) is 14.6 Å². The van der Waals surface area contributed by atoms with Crippen LogP contribution in [0.5, 0.6) is 0 Å². The molecule has 0 aliphatic rings. The first-order valence-electron chi connectivity index (χ1n) is 6.04. The van der Waals surface area contributed by atoms with E-state index < -0.39 is 20.4 Å². The molecular weight excluding hydrogens is 284 g/mol. The van der Waals surface area contributed by atoms with Crippen molar-refractivity contribution in [2.45, 2.75) is 24.3 Å². The van der Waals surface area contributed by atoms with Gasteiger partial charge in [0.25, 0.3) is 0 Å². The number of nitro groups is 1. The number of para-hydroxylation sites is 1. The molecule has 0 heterocycles. The van der Waals surface area contributed by atoms with Gasteiger partial charge in [-0.05, 0) is 18.6 Å². The van der Waals surface area contributed by atoms with Gasteiger partial charge in [-0.25, -0.2) is 8.42 Å². The normalized spacial score (nSPS) is 12.9. The molecule has 1 aromatic carbocycles. The van der Waals surface area contributed by atoms with Gasteiger partial charge >= 0.3 is 5.69 Å². The molecular formula is C12H18N2O5S. The molecule has 0 aliphatic heterocycles. The Hall–Kier alpha value is -1.67. The van der Waals surface area contributed by atoms with E-state index in [1.807, 2.05) is 6.92 Å². The molecule has 7 nitrogen and oxygen atoms in total. The third kappa shape index (κ3) is 3.91. The summed E-state index contributed by atoms with van der Waals surface area (Å²) in [5, 5.41) is 14.1. The van der Waals surface area contributed by atoms with E-state index in [-0.39, 0.29) is 16.6 Å². The van der Waals surface area contributed by atoms with Crippen molar-refractivity contribution in [3.63, 3.8) is 0 Å². The third-order valence-electron chi connectivity index (χ3n) is 2.80. The number of nitrogens with one attached hydrogen (secondary N) is 1. The maximum Gasteiger partial charge on any atom is 0.310 e. The largest absolute Gasteiger partial charge is 0.383 e. The van der Waals surface area contributed by atoms with E-state index in [2.05, 4.69) is 5.32 Å². The summed E-state index contributed by atoms with van der Waals surface area (Å²) in [7, 11) is -2.14. The minimum absolute atomic E-state index is 0.131. The van der Waals surface area contributed by atoms with Gasteiger partial charge < -0.3 is 10.1 Å². The topological polar surface area (TPSA) is 98.5 Å². The molecule has 0 amide bonds. The number of anilines is 1. The SMILES string of the molecule is CCC(COC)Nc1cccc(S(C)(=O)=O)c1[N+](=O)[O-]. The van der Waals surface area contributed by atoms with Crippen molar-refractivity contribution in [1.82, 2.24) is 0 Å². The van der Waals surface area contributed by atoms with Crippen molar-refractivity contribution >= 4 is 21.2 Å². The van der Waals surface area contributed by atoms with Crippen molar-refractivity contribution < 1.29 is 18.1 Å². The number of benzene rings is 1. The zero-order chi connectivity index (χ0) is 15.3. The van der Waals surface area contributed by atoms with Crippen LogP contribution in [0.3, 0.4) is 0 Å². The second-order valence-corrected chi connectivity index (χ2v) is 6.37. The van der Waals surface area contributed by atoms with E-state index >= 15 is 0 Å². The van der Waals surface area contributed by atoms with Gasteiger partial charge in [-0.1, -0.05) is 13.0 Å². The van der Waals surface area contributed by atoms with Crippen LogP contribution in [0, 0.1) is 10.1 Å². The molecule has 0 spiro atoms. The number of rotatable bonds is 7. The fraction of sp³-hybridized carbons (Fsp3) is 0.500. The Morgan fingerprint density at radius 1 is 1.45 bits per heavy atom. The summed E-state index contributed by atoms with van der Waals surface area (Å²) in [6.07, 6.45) is 1.64. The van der Waals surface area contributed by atoms with Gasteiger partial charge in [0, 0.05) is 19.4 Å². The van der Waals surface area contributed by atoms with Gasteiger partial charge in [0.05, 0.1) is 11.5 Å². The first-order valence-corrected chi connectivity index (χ1v) is 7.93. The molecule has 1 N–H and O–H groups in total. The lowest BCUT2D eigenvalue weighted by Crippen LogP contribution is -2.24. The number of methoxy groups -OCH3 is 1. The van der Waals surface area contributed by atoms with Crippen molar-refractivity contribution in [2.24, 2.45) is 0 Å². The highest BCUT2D eigenvalue weighted by Gasteiger charge is 2.26. The molecule has 0 fully saturated rings. The summed E-state index contributed by atoms with van der Waals surface area (Å²) < 4.78 is 28.3. The minimum Gasteiger partial charge on any atom is -0.383 e. The standard InChI is InChI=1S/C12H18N2O5S/c1-4-9(8-19-2)13-10-6-5-7-11(20(3,17)18)12(10)14(15)16/h5-7,9,13H,4,8H2,1-3H3. The smallest absolute Gasteiger partial charge is 0.310 e. The second-order valence-electron chi connectivity index (χ2n) is 4.39. The molecule has 0 radical (unpaired) electrons. The van der Waals surface area contributed by atoms with E-state index in [0.29, 0.717) is 13.0 Å². The number of nitro benzene ring substituents is 1. The fourth-order valence-electron chi connectivity index (χ4n) is 1.81. The highest BCUT2D eigenvalue weighted by atomic mass is 32.2. The molecule has 0 aliphatic carbocycles. The Morgan fingerprint density at radius 3 is 2.55 bits per heavy atom. The van der Waals surface area contributed by atoms with Crippen molar-refractivity contribution in [3.05, 3.63) is 28.3 Å². The predicted octanol–water partition coefficient (Wildman–Crippen LogP) is 1.84. The van der Waals surface area contributed by atoms with Crippen LogP contribution < -0.4 is 5.32 Å². The van der Waals surface area contributed by atoms with Gasteiger partial charge in [0.15, 0.2) is 9.84 Å². The molecule has 1 atom stereocenters. The predicted molar refractivity (Wildman–Crippen MR) is 75.8 cm³/mol. The highest BCUT2D eigenvalue weighted by molar-refractivity contribution is 7.90. The van der Waals surface area contributed by atoms with Crippen LogP contribution in [-0.4, -0.2) is 39.4 Å². The molecule has 1 aromatic rings. The second kappa shape index (κ2) is 6.67. The number of hydrogen-bond donors (Lipinski definition) is 1. The third-order valence-corrected chi connectivity index (χ3v) is 3.93. The lowest BCUT2D eigenvalue weighted by Gasteiger charge is -2.17. The van der Waals surface area contributed by atoms with Gasteiger partial charge in [0.2, 0.25) is 0 Å². The average molecular weight is 302 g/mol. The minimum atomic E-state index is -3.67. The molecule has 1 rings (SSSR count). The Kier molecular flexibility index (Phi) is 5.46. The van der Waals surface area contributed by atoms with Gasteiger partial charge in [-0.15, -0.1) is 0 Å². The lowest BCUT2D eigenvalue weighted by molar-refractivity contribution is -0.386. The van der Waals surface area contributed by atoms with Crippen LogP contribution in [0.4, 0.5) is 11.4 Å². The zero-order valence-corrected chi connectivity index (χ0v) is 12.4. The van der Waals surface area contributed by atoms with Crippen molar-refractivity contribution in [3.8, 4) is 0 Å². The Labute approximate surface area is 118 Å². The van der Waals surface area contributed by atoms with E-state index in [9.17, 15) is 18.5 Å². The van der Waals surface area contributed by atoms with E-state index in [0.717, 1.165) is 6.26 Å². The molecule has 0 bridgehead atoms. The highest BCUT2D eigenvalue weighted by Crippen LogP contribution is 2.32. The molecule has 0 saturated carbocycles. The first-order chi connectivity index (χ1) is 9.31. The molecule has 0 aromatic heterocycles. The van der Waals surface area contributed by atoms with Crippen LogP contribution >= 0.6 is 0 Å². The zero-order valence-electron chi connectivity index (χ0n) is 11.6. The number of hydrogen-bond acceptors (Lipinski definition) is 6. The molecule has 20 heavy (non-hydrogen) atoms. The van der Waals surface area contributed by atoms with Gasteiger partial charge in [0.1, 0.15) is 10.6 Å². The maximum atomic E-state index is 11.6. The molecule has 0 saturated heterocycles. The number of sulfone groups is 1. The maximum absolute atomic E-state index is 11.6. The van der Waals surface area contributed by atoms with Crippen LogP contribution in [0.1, 0.15) is 13.3 Å². The summed E-state index contributed by atoms with van der Waals surface area (Å²) >= 11 is 0. The molecule has 112 valence electrons. The van der Waals surface area contributed by atoms with Crippen LogP contribution in [0.15, 0.2) is 23.1 Å². The first kappa shape index (κ1) is 16.4. The summed E-state index contributed by atoms with van der Waals surface area (Å²) in [4.78, 5) is 10.2. The van der Waals surface area contributed by atoms with Crippen molar-refractivity contribution in [2.75, 3.05) is 25.3 Å². The van der Waals surface area contributed by atoms with Gasteiger partial charge in [-0.3, -0.25) is 10.1 Å². The average Bonchev–Trinajstić information content (AvgIpc) is 2.36. The number of ether oxygens (including phenoxy) is 1. The van der Waals surface area contributed by atoms with E-state index in [1.165, 1.54) is 25.3 Å². The van der Waals surface area contributed by atoms with Crippen molar-refractivity contribution in [1.29, 1.82) is 0 Å². The summed E-state index contributed by atoms with van der Waals surface area (Å²) in [6.45, 7) is 2.28. The monoisotopic (exact) mass is 302 g/mol. The molecule has 1 unspecified atom stereocenters. The Morgan fingerprint density at radius 2 is 2.10 bits per heavy atom. The summed E-state index contributed by atoms with van der Waals surface area (Å²) in [5.41, 5.74) is -0.244. The van der Waals surface area contributed by atoms with Gasteiger partial charge in [-0.2, -0.15) is 0 Å². The Balaban J connectivity index is 3.30.